The van der Waals surface area contributed by atoms with Gasteiger partial charge < -0.3 is 10.2 Å². The number of rotatable bonds is 6. The number of likely N-dealkylation sites (tertiary alicyclic amines) is 1. The number of β-lactam (4-membered cyclic amide) rings is 1. The molecular formula is C19H30N2O2. The molecule has 0 bridgehead atoms. The molecule has 1 aliphatic heterocycles. The zero-order valence-electron chi connectivity index (χ0n) is 14.3. The quantitative estimate of drug-likeness (QED) is 0.604. The molecule has 4 nitrogen and oxygen atoms in total. The van der Waals surface area contributed by atoms with Crippen LogP contribution in [0.5, 0.6) is 0 Å². The van der Waals surface area contributed by atoms with Crippen molar-refractivity contribution in [1.82, 2.24) is 10.2 Å². The number of amides is 2. The largest absolute Gasteiger partial charge is 0.352 e. The Hall–Kier alpha value is -1.32. The van der Waals surface area contributed by atoms with E-state index in [1.807, 2.05) is 4.90 Å². The van der Waals surface area contributed by atoms with Crippen molar-refractivity contribution in [2.45, 2.75) is 89.3 Å². The molecule has 3 atom stereocenters. The summed E-state index contributed by atoms with van der Waals surface area (Å²) in [5, 5.41) is 3.24. The molecule has 1 saturated heterocycles. The average molecular weight is 318 g/mol. The van der Waals surface area contributed by atoms with Crippen molar-refractivity contribution >= 4 is 11.8 Å². The standard InChI is InChI=1S/C19H30N2O2/c1-2-3-12-17(18(22)20-14-9-5-4-6-10-14)21-16-13-8-7-11-15(16)19(21)23/h7-8,14-17H,2-6,9-13H2,1H3,(H,20,22)/t15-,16+,17?/m1/s1. The third-order valence-electron chi connectivity index (χ3n) is 5.75. The van der Waals surface area contributed by atoms with Gasteiger partial charge in [0.15, 0.2) is 0 Å². The lowest BCUT2D eigenvalue weighted by Crippen LogP contribution is -2.67. The van der Waals surface area contributed by atoms with Gasteiger partial charge in [0.05, 0.1) is 5.92 Å². The van der Waals surface area contributed by atoms with Crippen LogP contribution in [-0.2, 0) is 9.59 Å². The zero-order valence-corrected chi connectivity index (χ0v) is 14.3. The Balaban J connectivity index is 1.65. The van der Waals surface area contributed by atoms with E-state index in [0.717, 1.165) is 44.9 Å². The number of fused-ring (bicyclic) bond motifs is 1. The summed E-state index contributed by atoms with van der Waals surface area (Å²) in [5.41, 5.74) is 0. The molecule has 1 heterocycles. The average Bonchev–Trinajstić information content (AvgIpc) is 2.58. The fourth-order valence-electron chi connectivity index (χ4n) is 4.37. The first-order valence-corrected chi connectivity index (χ1v) is 9.50. The highest BCUT2D eigenvalue weighted by Gasteiger charge is 2.51. The third-order valence-corrected chi connectivity index (χ3v) is 5.75. The number of hydrogen-bond donors (Lipinski definition) is 1. The van der Waals surface area contributed by atoms with Crippen molar-refractivity contribution in [1.29, 1.82) is 0 Å². The van der Waals surface area contributed by atoms with Crippen molar-refractivity contribution in [3.8, 4) is 0 Å². The van der Waals surface area contributed by atoms with E-state index in [0.29, 0.717) is 6.04 Å². The minimum Gasteiger partial charge on any atom is -0.352 e. The zero-order chi connectivity index (χ0) is 16.2. The molecule has 128 valence electrons. The van der Waals surface area contributed by atoms with E-state index >= 15 is 0 Å². The van der Waals surface area contributed by atoms with E-state index in [4.69, 9.17) is 0 Å². The molecule has 2 amide bonds. The molecule has 1 saturated carbocycles. The summed E-state index contributed by atoms with van der Waals surface area (Å²) in [6, 6.07) is 0.322. The van der Waals surface area contributed by atoms with Gasteiger partial charge in [0.1, 0.15) is 6.04 Å². The van der Waals surface area contributed by atoms with Gasteiger partial charge >= 0.3 is 0 Å². The molecule has 3 aliphatic rings. The highest BCUT2D eigenvalue weighted by Crippen LogP contribution is 2.38. The van der Waals surface area contributed by atoms with Crippen molar-refractivity contribution in [3.05, 3.63) is 12.2 Å². The lowest BCUT2D eigenvalue weighted by atomic mass is 9.77. The first kappa shape index (κ1) is 16.5. The smallest absolute Gasteiger partial charge is 0.243 e. The number of hydrogen-bond acceptors (Lipinski definition) is 2. The van der Waals surface area contributed by atoms with Crippen LogP contribution >= 0.6 is 0 Å². The minimum absolute atomic E-state index is 0.0895. The maximum Gasteiger partial charge on any atom is 0.243 e. The summed E-state index contributed by atoms with van der Waals surface area (Å²) in [7, 11) is 0. The van der Waals surface area contributed by atoms with Gasteiger partial charge in [-0.05, 0) is 32.1 Å². The molecule has 2 aliphatic carbocycles. The molecule has 23 heavy (non-hydrogen) atoms. The topological polar surface area (TPSA) is 49.4 Å². The lowest BCUT2D eigenvalue weighted by Gasteiger charge is -2.51. The van der Waals surface area contributed by atoms with Gasteiger partial charge in [-0.2, -0.15) is 0 Å². The Morgan fingerprint density at radius 3 is 2.74 bits per heavy atom. The van der Waals surface area contributed by atoms with Crippen molar-refractivity contribution in [3.63, 3.8) is 0 Å². The second-order valence-electron chi connectivity index (χ2n) is 7.36. The van der Waals surface area contributed by atoms with Crippen LogP contribution in [0.15, 0.2) is 12.2 Å². The van der Waals surface area contributed by atoms with Crippen LogP contribution in [0.4, 0.5) is 0 Å². The van der Waals surface area contributed by atoms with Gasteiger partial charge in [0.25, 0.3) is 0 Å². The molecule has 0 aromatic carbocycles. The molecule has 3 rings (SSSR count). The Morgan fingerprint density at radius 1 is 1.26 bits per heavy atom. The van der Waals surface area contributed by atoms with Gasteiger partial charge in [-0.25, -0.2) is 0 Å². The van der Waals surface area contributed by atoms with Crippen LogP contribution in [0.2, 0.25) is 0 Å². The number of allylic oxidation sites excluding steroid dienone is 1. The van der Waals surface area contributed by atoms with E-state index in [2.05, 4.69) is 24.4 Å². The molecule has 1 unspecified atom stereocenters. The summed E-state index contributed by atoms with van der Waals surface area (Å²) in [5.74, 6) is 0.414. The van der Waals surface area contributed by atoms with E-state index in [9.17, 15) is 9.59 Å². The Kier molecular flexibility index (Phi) is 5.39. The summed E-state index contributed by atoms with van der Waals surface area (Å²) in [6.07, 6.45) is 14.8. The SMILES string of the molecule is CCCCC(C(=O)NC1CCCCC1)N1C(=O)[C@@H]2CC=CC[C@@H]21. The summed E-state index contributed by atoms with van der Waals surface area (Å²) >= 11 is 0. The van der Waals surface area contributed by atoms with E-state index in [-0.39, 0.29) is 29.8 Å². The Bertz CT molecular complexity index is 468. The van der Waals surface area contributed by atoms with Crippen LogP contribution in [0.3, 0.4) is 0 Å². The van der Waals surface area contributed by atoms with Gasteiger partial charge in [-0.1, -0.05) is 51.2 Å². The molecule has 0 radical (unpaired) electrons. The van der Waals surface area contributed by atoms with Crippen LogP contribution < -0.4 is 5.32 Å². The normalized spacial score (nSPS) is 28.9. The van der Waals surface area contributed by atoms with Crippen LogP contribution in [0, 0.1) is 5.92 Å². The molecule has 1 N–H and O–H groups in total. The predicted octanol–water partition coefficient (Wildman–Crippen LogP) is 3.17. The van der Waals surface area contributed by atoms with Gasteiger partial charge in [0.2, 0.25) is 11.8 Å². The van der Waals surface area contributed by atoms with Gasteiger partial charge in [0, 0.05) is 12.1 Å². The highest BCUT2D eigenvalue weighted by atomic mass is 16.2. The van der Waals surface area contributed by atoms with Crippen LogP contribution in [-0.4, -0.2) is 34.8 Å². The van der Waals surface area contributed by atoms with Crippen molar-refractivity contribution < 1.29 is 9.59 Å². The summed E-state index contributed by atoms with van der Waals surface area (Å²) in [6.45, 7) is 2.14. The van der Waals surface area contributed by atoms with Crippen LogP contribution in [0.25, 0.3) is 0 Å². The summed E-state index contributed by atoms with van der Waals surface area (Å²) in [4.78, 5) is 27.3. The maximum absolute atomic E-state index is 12.8. The molecule has 0 spiro atoms. The maximum atomic E-state index is 12.8. The van der Waals surface area contributed by atoms with Crippen molar-refractivity contribution in [2.75, 3.05) is 0 Å². The van der Waals surface area contributed by atoms with E-state index < -0.39 is 0 Å². The fourth-order valence-corrected chi connectivity index (χ4v) is 4.37. The van der Waals surface area contributed by atoms with Crippen LogP contribution in [0.1, 0.15) is 71.1 Å². The molecular weight excluding hydrogens is 288 g/mol. The molecule has 0 aromatic rings. The number of nitrogens with zero attached hydrogens (tertiary/aromatic N) is 1. The number of carbonyl (C=O) groups excluding carboxylic acids is 2. The van der Waals surface area contributed by atoms with E-state index in [1.165, 1.54) is 19.3 Å². The first-order chi connectivity index (χ1) is 11.2. The van der Waals surface area contributed by atoms with Crippen molar-refractivity contribution in [2.24, 2.45) is 5.92 Å². The monoisotopic (exact) mass is 318 g/mol. The van der Waals surface area contributed by atoms with Gasteiger partial charge in [-0.15, -0.1) is 0 Å². The van der Waals surface area contributed by atoms with E-state index in [1.54, 1.807) is 0 Å². The molecule has 0 aromatic heterocycles. The molecule has 4 heteroatoms. The third kappa shape index (κ3) is 3.46. The Morgan fingerprint density at radius 2 is 2.00 bits per heavy atom. The molecule has 2 fully saturated rings. The predicted molar refractivity (Wildman–Crippen MR) is 90.8 cm³/mol. The minimum atomic E-state index is -0.253. The lowest BCUT2D eigenvalue weighted by molar-refractivity contribution is -0.165. The van der Waals surface area contributed by atoms with Gasteiger partial charge in [-0.3, -0.25) is 9.59 Å². The second kappa shape index (κ2) is 7.50. The second-order valence-corrected chi connectivity index (χ2v) is 7.36. The number of unbranched alkanes of at least 4 members (excludes halogenated alkanes) is 1. The highest BCUT2D eigenvalue weighted by molar-refractivity contribution is 5.93. The Labute approximate surface area is 139 Å². The number of nitrogens with one attached hydrogen (secondary N) is 1. The summed E-state index contributed by atoms with van der Waals surface area (Å²) < 4.78 is 0. The first-order valence-electron chi connectivity index (χ1n) is 9.50. The number of carbonyl (C=O) groups is 2. The fraction of sp³-hybridized carbons (Fsp3) is 0.789.